The van der Waals surface area contributed by atoms with Crippen LogP contribution in [0.15, 0.2) is 18.2 Å². The van der Waals surface area contributed by atoms with E-state index in [2.05, 4.69) is 16.0 Å². The van der Waals surface area contributed by atoms with Gasteiger partial charge in [-0.15, -0.1) is 0 Å². The molecule has 3 rings (SSSR count). The van der Waals surface area contributed by atoms with Gasteiger partial charge in [0.05, 0.1) is 0 Å². The fraction of sp³-hybridized carbons (Fsp3) is 0.600. The van der Waals surface area contributed by atoms with Crippen LogP contribution in [-0.2, 0) is 0 Å². The van der Waals surface area contributed by atoms with Gasteiger partial charge in [0, 0.05) is 12.6 Å². The second kappa shape index (κ2) is 4.97. The highest BCUT2D eigenvalue weighted by Crippen LogP contribution is 2.37. The van der Waals surface area contributed by atoms with E-state index in [0.29, 0.717) is 11.7 Å². The quantitative estimate of drug-likeness (QED) is 0.798. The number of nitriles is 1. The van der Waals surface area contributed by atoms with E-state index in [9.17, 15) is 0 Å². The Morgan fingerprint density at radius 3 is 2.78 bits per heavy atom. The number of rotatable bonds is 2. The SMILES string of the molecule is N#Cc1cccc(N2CCCC2C2CCCC2)n1. The molecule has 1 aliphatic heterocycles. The van der Waals surface area contributed by atoms with E-state index < -0.39 is 0 Å². The van der Waals surface area contributed by atoms with Crippen molar-refractivity contribution in [2.24, 2.45) is 5.92 Å². The average molecular weight is 241 g/mol. The second-order valence-electron chi connectivity index (χ2n) is 5.44. The summed E-state index contributed by atoms with van der Waals surface area (Å²) in [6, 6.07) is 8.58. The molecule has 18 heavy (non-hydrogen) atoms. The molecular weight excluding hydrogens is 222 g/mol. The van der Waals surface area contributed by atoms with Crippen molar-refractivity contribution in [3.8, 4) is 6.07 Å². The predicted octanol–water partition coefficient (Wildman–Crippen LogP) is 3.11. The average Bonchev–Trinajstić information content (AvgIpc) is 3.09. The molecule has 0 spiro atoms. The molecular formula is C15H19N3. The van der Waals surface area contributed by atoms with Crippen LogP contribution in [0.1, 0.15) is 44.2 Å². The van der Waals surface area contributed by atoms with Gasteiger partial charge in [-0.2, -0.15) is 5.26 Å². The highest BCUT2D eigenvalue weighted by atomic mass is 15.2. The molecule has 1 aromatic rings. The molecule has 3 heteroatoms. The van der Waals surface area contributed by atoms with Gasteiger partial charge >= 0.3 is 0 Å². The third-order valence-corrected chi connectivity index (χ3v) is 4.39. The molecule has 2 aliphatic rings. The molecule has 1 aliphatic carbocycles. The van der Waals surface area contributed by atoms with E-state index in [1.165, 1.54) is 38.5 Å². The first-order valence-corrected chi connectivity index (χ1v) is 7.02. The predicted molar refractivity (Wildman–Crippen MR) is 71.3 cm³/mol. The molecule has 2 heterocycles. The highest BCUT2D eigenvalue weighted by molar-refractivity contribution is 5.44. The van der Waals surface area contributed by atoms with Crippen LogP contribution in [0.25, 0.3) is 0 Å². The molecule has 1 aromatic heterocycles. The first kappa shape index (κ1) is 11.5. The van der Waals surface area contributed by atoms with Crippen molar-refractivity contribution < 1.29 is 0 Å². The third-order valence-electron chi connectivity index (χ3n) is 4.39. The largest absolute Gasteiger partial charge is 0.353 e. The lowest BCUT2D eigenvalue weighted by Crippen LogP contribution is -2.35. The summed E-state index contributed by atoms with van der Waals surface area (Å²) >= 11 is 0. The molecule has 1 saturated heterocycles. The minimum Gasteiger partial charge on any atom is -0.353 e. The van der Waals surface area contributed by atoms with Gasteiger partial charge in [0.15, 0.2) is 0 Å². The molecule has 0 bridgehead atoms. The second-order valence-corrected chi connectivity index (χ2v) is 5.44. The van der Waals surface area contributed by atoms with Crippen molar-refractivity contribution in [1.29, 1.82) is 5.26 Å². The Morgan fingerprint density at radius 1 is 1.17 bits per heavy atom. The van der Waals surface area contributed by atoms with Gasteiger partial charge in [0.2, 0.25) is 0 Å². The summed E-state index contributed by atoms with van der Waals surface area (Å²) in [5.74, 6) is 1.85. The zero-order chi connectivity index (χ0) is 12.4. The fourth-order valence-corrected chi connectivity index (χ4v) is 3.55. The Hall–Kier alpha value is -1.56. The smallest absolute Gasteiger partial charge is 0.142 e. The lowest BCUT2D eigenvalue weighted by atomic mass is 9.96. The van der Waals surface area contributed by atoms with Crippen LogP contribution in [0.2, 0.25) is 0 Å². The van der Waals surface area contributed by atoms with Gasteiger partial charge in [-0.1, -0.05) is 18.9 Å². The van der Waals surface area contributed by atoms with Crippen LogP contribution in [-0.4, -0.2) is 17.6 Å². The van der Waals surface area contributed by atoms with Gasteiger partial charge in [-0.25, -0.2) is 4.98 Å². The van der Waals surface area contributed by atoms with E-state index in [1.54, 1.807) is 6.07 Å². The molecule has 0 amide bonds. The summed E-state index contributed by atoms with van der Waals surface area (Å²) in [7, 11) is 0. The Morgan fingerprint density at radius 2 is 2.00 bits per heavy atom. The Labute approximate surface area is 108 Å². The first-order chi connectivity index (χ1) is 8.88. The van der Waals surface area contributed by atoms with Crippen molar-refractivity contribution in [2.45, 2.75) is 44.6 Å². The topological polar surface area (TPSA) is 39.9 Å². The maximum Gasteiger partial charge on any atom is 0.142 e. The molecule has 3 nitrogen and oxygen atoms in total. The fourth-order valence-electron chi connectivity index (χ4n) is 3.55. The number of pyridine rings is 1. The summed E-state index contributed by atoms with van der Waals surface area (Å²) in [4.78, 5) is 6.90. The van der Waals surface area contributed by atoms with Crippen LogP contribution < -0.4 is 4.90 Å². The summed E-state index contributed by atoms with van der Waals surface area (Å²) in [6.45, 7) is 1.10. The maximum atomic E-state index is 8.95. The Bertz CT molecular complexity index is 457. The number of hydrogen-bond acceptors (Lipinski definition) is 3. The molecule has 2 fully saturated rings. The Kier molecular flexibility index (Phi) is 3.19. The van der Waals surface area contributed by atoms with Crippen LogP contribution in [0.3, 0.4) is 0 Å². The van der Waals surface area contributed by atoms with Gasteiger partial charge in [0.1, 0.15) is 17.6 Å². The van der Waals surface area contributed by atoms with Crippen LogP contribution in [0.4, 0.5) is 5.82 Å². The number of hydrogen-bond donors (Lipinski definition) is 0. The van der Waals surface area contributed by atoms with Crippen LogP contribution in [0, 0.1) is 17.2 Å². The molecule has 1 saturated carbocycles. The maximum absolute atomic E-state index is 8.95. The number of aromatic nitrogens is 1. The molecule has 0 radical (unpaired) electrons. The minimum atomic E-state index is 0.532. The zero-order valence-corrected chi connectivity index (χ0v) is 10.7. The van der Waals surface area contributed by atoms with E-state index in [4.69, 9.17) is 5.26 Å². The third kappa shape index (κ3) is 2.08. The molecule has 1 unspecified atom stereocenters. The monoisotopic (exact) mass is 241 g/mol. The molecule has 0 aromatic carbocycles. The minimum absolute atomic E-state index is 0.532. The standard InChI is InChI=1S/C15H19N3/c16-11-13-7-3-9-15(17-13)18-10-4-8-14(18)12-5-1-2-6-12/h3,7,9,12,14H,1-2,4-6,8,10H2. The normalized spacial score (nSPS) is 24.4. The first-order valence-electron chi connectivity index (χ1n) is 7.02. The highest BCUT2D eigenvalue weighted by Gasteiger charge is 2.33. The lowest BCUT2D eigenvalue weighted by molar-refractivity contribution is 0.429. The zero-order valence-electron chi connectivity index (χ0n) is 10.7. The van der Waals surface area contributed by atoms with Gasteiger partial charge in [-0.05, 0) is 43.7 Å². The van der Waals surface area contributed by atoms with Crippen molar-refractivity contribution >= 4 is 5.82 Å². The van der Waals surface area contributed by atoms with E-state index >= 15 is 0 Å². The van der Waals surface area contributed by atoms with Crippen molar-refractivity contribution in [3.63, 3.8) is 0 Å². The van der Waals surface area contributed by atoms with E-state index in [0.717, 1.165) is 18.3 Å². The lowest BCUT2D eigenvalue weighted by Gasteiger charge is -2.30. The van der Waals surface area contributed by atoms with Gasteiger partial charge in [0.25, 0.3) is 0 Å². The van der Waals surface area contributed by atoms with Gasteiger partial charge in [-0.3, -0.25) is 0 Å². The summed E-state index contributed by atoms with van der Waals surface area (Å²) in [6.07, 6.45) is 8.09. The van der Waals surface area contributed by atoms with Crippen molar-refractivity contribution in [2.75, 3.05) is 11.4 Å². The van der Waals surface area contributed by atoms with Crippen LogP contribution >= 0.6 is 0 Å². The summed E-state index contributed by atoms with van der Waals surface area (Å²) in [5, 5.41) is 8.95. The number of nitrogens with zero attached hydrogens (tertiary/aromatic N) is 3. The molecule has 0 N–H and O–H groups in total. The Balaban J connectivity index is 1.83. The van der Waals surface area contributed by atoms with E-state index in [1.807, 2.05) is 12.1 Å². The van der Waals surface area contributed by atoms with Crippen LogP contribution in [0.5, 0.6) is 0 Å². The molecule has 94 valence electrons. The summed E-state index contributed by atoms with van der Waals surface area (Å²) < 4.78 is 0. The van der Waals surface area contributed by atoms with E-state index in [-0.39, 0.29) is 0 Å². The summed E-state index contributed by atoms with van der Waals surface area (Å²) in [5.41, 5.74) is 0.532. The number of anilines is 1. The van der Waals surface area contributed by atoms with Crippen molar-refractivity contribution in [1.82, 2.24) is 4.98 Å². The van der Waals surface area contributed by atoms with Gasteiger partial charge < -0.3 is 4.90 Å². The van der Waals surface area contributed by atoms with Crippen molar-refractivity contribution in [3.05, 3.63) is 23.9 Å². The molecule has 1 atom stereocenters.